The molecule has 2 saturated heterocycles. The van der Waals surface area contributed by atoms with Crippen LogP contribution in [-0.4, -0.2) is 65.9 Å². The molecule has 0 spiro atoms. The lowest BCUT2D eigenvalue weighted by Crippen LogP contribution is -2.54. The predicted molar refractivity (Wildman–Crippen MR) is 97.2 cm³/mol. The second-order valence-electron chi connectivity index (χ2n) is 7.19. The van der Waals surface area contributed by atoms with Crippen molar-refractivity contribution < 1.29 is 22.9 Å². The summed E-state index contributed by atoms with van der Waals surface area (Å²) in [6.45, 7) is 5.25. The Bertz CT molecular complexity index is 742. The van der Waals surface area contributed by atoms with E-state index in [-0.39, 0.29) is 17.6 Å². The number of carbonyl (C=O) groups excluding carboxylic acids is 1. The maximum Gasteiger partial charge on any atom is 0.416 e. The standard InChI is InChI=1S/C18H23F3N4O3/c1-13(17(26)24-6-2-3-7-24)22-8-10-23(11-9-22)15-5-4-14(18(19,20)21)12-16(15)25(27)28/h4-5,12-13H,2-3,6-11H2,1H3. The van der Waals surface area contributed by atoms with Crippen LogP contribution in [0.3, 0.4) is 0 Å². The minimum atomic E-state index is -4.63. The number of halogens is 3. The fourth-order valence-electron chi connectivity index (χ4n) is 3.82. The molecule has 1 amide bonds. The predicted octanol–water partition coefficient (Wildman–Crippen LogP) is 2.75. The molecule has 7 nitrogen and oxygen atoms in total. The zero-order chi connectivity index (χ0) is 20.5. The monoisotopic (exact) mass is 400 g/mol. The average Bonchev–Trinajstić information content (AvgIpc) is 3.20. The molecule has 3 rings (SSSR count). The Morgan fingerprint density at radius 3 is 2.25 bits per heavy atom. The van der Waals surface area contributed by atoms with Crippen LogP contribution in [0.2, 0.25) is 0 Å². The molecule has 1 atom stereocenters. The minimum Gasteiger partial charge on any atom is -0.363 e. The molecule has 2 heterocycles. The molecule has 0 N–H and O–H groups in total. The molecule has 0 radical (unpaired) electrons. The van der Waals surface area contributed by atoms with E-state index in [9.17, 15) is 28.1 Å². The summed E-state index contributed by atoms with van der Waals surface area (Å²) in [4.78, 5) is 28.7. The Morgan fingerprint density at radius 2 is 1.71 bits per heavy atom. The number of rotatable bonds is 4. The van der Waals surface area contributed by atoms with Crippen LogP contribution in [0.1, 0.15) is 25.3 Å². The van der Waals surface area contributed by atoms with Gasteiger partial charge in [0.25, 0.3) is 5.69 Å². The highest BCUT2D eigenvalue weighted by Gasteiger charge is 2.35. The number of nitrogens with zero attached hydrogens (tertiary/aromatic N) is 4. The molecule has 2 aliphatic heterocycles. The van der Waals surface area contributed by atoms with Crippen LogP contribution in [0.25, 0.3) is 0 Å². The van der Waals surface area contributed by atoms with Gasteiger partial charge >= 0.3 is 6.18 Å². The molecule has 1 aromatic rings. The third-order valence-electron chi connectivity index (χ3n) is 5.48. The van der Waals surface area contributed by atoms with Crippen molar-refractivity contribution in [3.63, 3.8) is 0 Å². The van der Waals surface area contributed by atoms with E-state index in [1.54, 1.807) is 4.90 Å². The van der Waals surface area contributed by atoms with Crippen LogP contribution in [0.5, 0.6) is 0 Å². The summed E-state index contributed by atoms with van der Waals surface area (Å²) >= 11 is 0. The molecule has 1 unspecified atom stereocenters. The Morgan fingerprint density at radius 1 is 1.11 bits per heavy atom. The molecule has 154 valence electrons. The molecule has 1 aromatic carbocycles. The highest BCUT2D eigenvalue weighted by molar-refractivity contribution is 5.81. The van der Waals surface area contributed by atoms with E-state index in [1.165, 1.54) is 0 Å². The lowest BCUT2D eigenvalue weighted by molar-refractivity contribution is -0.384. The lowest BCUT2D eigenvalue weighted by atomic mass is 10.1. The fraction of sp³-hybridized carbons (Fsp3) is 0.611. The van der Waals surface area contributed by atoms with Crippen LogP contribution >= 0.6 is 0 Å². The molecule has 28 heavy (non-hydrogen) atoms. The molecular weight excluding hydrogens is 377 g/mol. The van der Waals surface area contributed by atoms with Crippen molar-refractivity contribution in [2.45, 2.75) is 32.0 Å². The zero-order valence-corrected chi connectivity index (χ0v) is 15.6. The van der Waals surface area contributed by atoms with Gasteiger partial charge in [0.1, 0.15) is 5.69 Å². The number of anilines is 1. The van der Waals surface area contributed by atoms with Crippen molar-refractivity contribution in [3.8, 4) is 0 Å². The van der Waals surface area contributed by atoms with Crippen LogP contribution in [0, 0.1) is 10.1 Å². The number of piperazine rings is 1. The molecule has 10 heteroatoms. The summed E-state index contributed by atoms with van der Waals surface area (Å²) in [5, 5.41) is 11.3. The van der Waals surface area contributed by atoms with Gasteiger partial charge < -0.3 is 9.80 Å². The minimum absolute atomic E-state index is 0.0893. The molecular formula is C18H23F3N4O3. The second kappa shape index (κ2) is 7.94. The van der Waals surface area contributed by atoms with Crippen molar-refractivity contribution in [2.75, 3.05) is 44.2 Å². The zero-order valence-electron chi connectivity index (χ0n) is 15.6. The van der Waals surface area contributed by atoms with Gasteiger partial charge in [-0.05, 0) is 31.9 Å². The Balaban J connectivity index is 1.69. The van der Waals surface area contributed by atoms with Crippen molar-refractivity contribution in [1.29, 1.82) is 0 Å². The molecule has 2 aliphatic rings. The summed E-state index contributed by atoms with van der Waals surface area (Å²) in [6, 6.07) is 2.34. The van der Waals surface area contributed by atoms with Crippen molar-refractivity contribution in [1.82, 2.24) is 9.80 Å². The fourth-order valence-corrected chi connectivity index (χ4v) is 3.82. The number of hydrogen-bond acceptors (Lipinski definition) is 5. The first-order valence-electron chi connectivity index (χ1n) is 9.32. The van der Waals surface area contributed by atoms with E-state index in [0.29, 0.717) is 32.2 Å². The van der Waals surface area contributed by atoms with Gasteiger partial charge in [0, 0.05) is 45.3 Å². The molecule has 2 fully saturated rings. The summed E-state index contributed by atoms with van der Waals surface area (Å²) in [6.07, 6.45) is -2.60. The third-order valence-corrected chi connectivity index (χ3v) is 5.48. The largest absolute Gasteiger partial charge is 0.416 e. The van der Waals surface area contributed by atoms with E-state index in [2.05, 4.69) is 0 Å². The van der Waals surface area contributed by atoms with Crippen LogP contribution in [0.15, 0.2) is 18.2 Å². The number of amides is 1. The van der Waals surface area contributed by atoms with Gasteiger partial charge in [-0.25, -0.2) is 0 Å². The first-order valence-corrected chi connectivity index (χ1v) is 9.32. The Labute approximate surface area is 160 Å². The Hall–Kier alpha value is -2.36. The van der Waals surface area contributed by atoms with Crippen molar-refractivity contribution >= 4 is 17.3 Å². The van der Waals surface area contributed by atoms with Crippen LogP contribution < -0.4 is 4.90 Å². The van der Waals surface area contributed by atoms with Gasteiger partial charge in [-0.3, -0.25) is 19.8 Å². The molecule has 0 bridgehead atoms. The normalized spacial score (nSPS) is 19.7. The first-order chi connectivity index (χ1) is 13.2. The first kappa shape index (κ1) is 20.4. The number of carbonyl (C=O) groups is 1. The second-order valence-corrected chi connectivity index (χ2v) is 7.19. The number of benzene rings is 1. The number of likely N-dealkylation sites (tertiary alicyclic amines) is 1. The quantitative estimate of drug-likeness (QED) is 0.574. The lowest BCUT2D eigenvalue weighted by Gasteiger charge is -2.39. The van der Waals surface area contributed by atoms with Crippen LogP contribution in [0.4, 0.5) is 24.5 Å². The summed E-state index contributed by atoms with van der Waals surface area (Å²) < 4.78 is 38.6. The van der Waals surface area contributed by atoms with E-state index >= 15 is 0 Å². The van der Waals surface area contributed by atoms with Crippen molar-refractivity contribution in [2.24, 2.45) is 0 Å². The van der Waals surface area contributed by atoms with Crippen LogP contribution in [-0.2, 0) is 11.0 Å². The number of nitro benzene ring substituents is 1. The Kier molecular flexibility index (Phi) is 5.78. The SMILES string of the molecule is CC(C(=O)N1CCCC1)N1CCN(c2ccc(C(F)(F)F)cc2[N+](=O)[O-])CC1. The molecule has 0 saturated carbocycles. The molecule has 0 aromatic heterocycles. The average molecular weight is 400 g/mol. The van der Waals surface area contributed by atoms with Gasteiger partial charge in [0.2, 0.25) is 5.91 Å². The maximum atomic E-state index is 12.9. The summed E-state index contributed by atoms with van der Waals surface area (Å²) in [5.74, 6) is 0.0893. The number of hydrogen-bond donors (Lipinski definition) is 0. The number of nitro groups is 1. The van der Waals surface area contributed by atoms with Gasteiger partial charge in [-0.15, -0.1) is 0 Å². The molecule has 0 aliphatic carbocycles. The van der Waals surface area contributed by atoms with Gasteiger partial charge in [-0.1, -0.05) is 0 Å². The van der Waals surface area contributed by atoms with Gasteiger partial charge in [0.15, 0.2) is 0 Å². The highest BCUT2D eigenvalue weighted by Crippen LogP contribution is 2.36. The third kappa shape index (κ3) is 4.21. The summed E-state index contributed by atoms with van der Waals surface area (Å²) in [7, 11) is 0. The number of alkyl halides is 3. The van der Waals surface area contributed by atoms with E-state index in [4.69, 9.17) is 0 Å². The van der Waals surface area contributed by atoms with E-state index in [0.717, 1.165) is 38.1 Å². The van der Waals surface area contributed by atoms with Gasteiger partial charge in [0.05, 0.1) is 16.5 Å². The topological polar surface area (TPSA) is 69.9 Å². The smallest absolute Gasteiger partial charge is 0.363 e. The van der Waals surface area contributed by atoms with E-state index in [1.807, 2.05) is 16.7 Å². The summed E-state index contributed by atoms with van der Waals surface area (Å²) in [5.41, 5.74) is -1.41. The highest BCUT2D eigenvalue weighted by atomic mass is 19.4. The van der Waals surface area contributed by atoms with Crippen molar-refractivity contribution in [3.05, 3.63) is 33.9 Å². The van der Waals surface area contributed by atoms with E-state index < -0.39 is 22.4 Å². The van der Waals surface area contributed by atoms with Gasteiger partial charge in [-0.2, -0.15) is 13.2 Å². The maximum absolute atomic E-state index is 12.9.